The van der Waals surface area contributed by atoms with Gasteiger partial charge in [-0.15, -0.1) is 0 Å². The summed E-state index contributed by atoms with van der Waals surface area (Å²) < 4.78 is 5.39. The number of carbonyl (C=O) groups excluding carboxylic acids is 1. The highest BCUT2D eigenvalue weighted by molar-refractivity contribution is 5.69. The fourth-order valence-corrected chi connectivity index (χ4v) is 2.40. The van der Waals surface area contributed by atoms with Crippen LogP contribution in [0.1, 0.15) is 51.2 Å². The Bertz CT molecular complexity index is 645. The summed E-state index contributed by atoms with van der Waals surface area (Å²) in [5.74, 6) is -0.306. The maximum Gasteiger partial charge on any atom is 0.410 e. The summed E-state index contributed by atoms with van der Waals surface area (Å²) in [6, 6.07) is 0.995. The number of aromatic amines is 1. The number of aliphatic hydroxyl groups excluding tert-OH is 1. The molecule has 1 saturated heterocycles. The number of ether oxygens (including phenoxy) is 1. The van der Waals surface area contributed by atoms with Gasteiger partial charge < -0.3 is 14.8 Å². The maximum absolute atomic E-state index is 12.3. The lowest BCUT2D eigenvalue weighted by atomic mass is 10.1. The van der Waals surface area contributed by atoms with Crippen LogP contribution >= 0.6 is 0 Å². The molecular formula is C15H21N3O4. The van der Waals surface area contributed by atoms with E-state index in [-0.39, 0.29) is 17.6 Å². The molecule has 1 amide bonds. The largest absolute Gasteiger partial charge is 0.505 e. The van der Waals surface area contributed by atoms with Gasteiger partial charge in [0, 0.05) is 12.6 Å². The van der Waals surface area contributed by atoms with E-state index in [1.807, 2.05) is 0 Å². The second kappa shape index (κ2) is 5.82. The van der Waals surface area contributed by atoms with E-state index in [1.165, 1.54) is 6.07 Å². The minimum Gasteiger partial charge on any atom is -0.505 e. The van der Waals surface area contributed by atoms with Gasteiger partial charge >= 0.3 is 6.09 Å². The molecule has 0 spiro atoms. The first-order chi connectivity index (χ1) is 10.2. The van der Waals surface area contributed by atoms with Gasteiger partial charge in [0.15, 0.2) is 11.6 Å². The SMILES string of the molecule is C=C(O)c1nc(C2CCCN2C(=O)OC(C)(C)C)cc(=O)[nH]1. The van der Waals surface area contributed by atoms with E-state index in [4.69, 9.17) is 4.74 Å². The molecule has 1 atom stereocenters. The molecule has 0 aliphatic carbocycles. The van der Waals surface area contributed by atoms with Crippen molar-refractivity contribution < 1.29 is 14.6 Å². The lowest BCUT2D eigenvalue weighted by Gasteiger charge is -2.28. The summed E-state index contributed by atoms with van der Waals surface area (Å²) in [5, 5.41) is 9.41. The van der Waals surface area contributed by atoms with Crippen LogP contribution in [0.25, 0.3) is 5.76 Å². The second-order valence-corrected chi connectivity index (χ2v) is 6.30. The van der Waals surface area contributed by atoms with Gasteiger partial charge in [0.05, 0.1) is 11.7 Å². The molecule has 0 saturated carbocycles. The number of nitrogens with one attached hydrogen (secondary N) is 1. The normalized spacial score (nSPS) is 18.3. The Morgan fingerprint density at radius 3 is 2.82 bits per heavy atom. The van der Waals surface area contributed by atoms with E-state index < -0.39 is 17.3 Å². The van der Waals surface area contributed by atoms with E-state index >= 15 is 0 Å². The Balaban J connectivity index is 2.29. The molecule has 120 valence electrons. The molecule has 2 rings (SSSR count). The highest BCUT2D eigenvalue weighted by Crippen LogP contribution is 2.31. The Labute approximate surface area is 128 Å². The molecule has 1 aliphatic heterocycles. The smallest absolute Gasteiger partial charge is 0.410 e. The van der Waals surface area contributed by atoms with Gasteiger partial charge in [0.1, 0.15) is 5.60 Å². The highest BCUT2D eigenvalue weighted by Gasteiger charge is 2.34. The molecule has 1 aromatic rings. The van der Waals surface area contributed by atoms with E-state index in [0.29, 0.717) is 18.7 Å². The summed E-state index contributed by atoms with van der Waals surface area (Å²) in [5.41, 5.74) is -0.556. The zero-order valence-electron chi connectivity index (χ0n) is 13.0. The molecule has 0 bridgehead atoms. The minimum absolute atomic E-state index is 0.0125. The number of amides is 1. The first kappa shape index (κ1) is 16.1. The third kappa shape index (κ3) is 3.66. The average Bonchev–Trinajstić information content (AvgIpc) is 2.85. The fraction of sp³-hybridized carbons (Fsp3) is 0.533. The molecule has 1 fully saturated rings. The van der Waals surface area contributed by atoms with E-state index in [2.05, 4.69) is 16.5 Å². The minimum atomic E-state index is -0.587. The Morgan fingerprint density at radius 1 is 1.55 bits per heavy atom. The van der Waals surface area contributed by atoms with Crippen molar-refractivity contribution >= 4 is 11.9 Å². The van der Waals surface area contributed by atoms with Gasteiger partial charge in [-0.2, -0.15) is 0 Å². The Hall–Kier alpha value is -2.31. The van der Waals surface area contributed by atoms with Gasteiger partial charge in [-0.25, -0.2) is 9.78 Å². The highest BCUT2D eigenvalue weighted by atomic mass is 16.6. The second-order valence-electron chi connectivity index (χ2n) is 6.30. The first-order valence-electron chi connectivity index (χ1n) is 7.16. The third-order valence-electron chi connectivity index (χ3n) is 3.26. The van der Waals surface area contributed by atoms with Crippen LogP contribution in [0.3, 0.4) is 0 Å². The van der Waals surface area contributed by atoms with Crippen molar-refractivity contribution in [2.75, 3.05) is 6.54 Å². The molecule has 2 heterocycles. The van der Waals surface area contributed by atoms with Crippen molar-refractivity contribution in [3.63, 3.8) is 0 Å². The first-order valence-corrected chi connectivity index (χ1v) is 7.16. The van der Waals surface area contributed by atoms with Crippen molar-refractivity contribution in [2.24, 2.45) is 0 Å². The quantitative estimate of drug-likeness (QED) is 0.818. The number of carbonyl (C=O) groups is 1. The van der Waals surface area contributed by atoms with Crippen molar-refractivity contribution in [1.29, 1.82) is 0 Å². The number of likely N-dealkylation sites (tertiary alicyclic amines) is 1. The molecule has 7 heteroatoms. The summed E-state index contributed by atoms with van der Waals surface area (Å²) in [7, 11) is 0. The van der Waals surface area contributed by atoms with Gasteiger partial charge in [0.2, 0.25) is 0 Å². The van der Waals surface area contributed by atoms with Crippen LogP contribution < -0.4 is 5.56 Å². The maximum atomic E-state index is 12.3. The number of nitrogens with zero attached hydrogens (tertiary/aromatic N) is 2. The predicted molar refractivity (Wildman–Crippen MR) is 81.4 cm³/mol. The molecule has 0 radical (unpaired) electrons. The number of H-pyrrole nitrogens is 1. The number of aromatic nitrogens is 2. The zero-order chi connectivity index (χ0) is 16.5. The molecule has 0 aromatic carbocycles. The van der Waals surface area contributed by atoms with Crippen molar-refractivity contribution in [1.82, 2.24) is 14.9 Å². The predicted octanol–water partition coefficient (Wildman–Crippen LogP) is 2.37. The Morgan fingerprint density at radius 2 is 2.23 bits per heavy atom. The van der Waals surface area contributed by atoms with Crippen LogP contribution in [0.15, 0.2) is 17.4 Å². The van der Waals surface area contributed by atoms with E-state index in [9.17, 15) is 14.7 Å². The van der Waals surface area contributed by atoms with Gasteiger partial charge in [-0.1, -0.05) is 6.58 Å². The van der Waals surface area contributed by atoms with Crippen LogP contribution in [0.4, 0.5) is 4.79 Å². The van der Waals surface area contributed by atoms with Crippen LogP contribution in [0, 0.1) is 0 Å². The number of aliphatic hydroxyl groups is 1. The Kier molecular flexibility index (Phi) is 4.25. The van der Waals surface area contributed by atoms with Gasteiger partial charge in [0.25, 0.3) is 5.56 Å². The van der Waals surface area contributed by atoms with Crippen molar-refractivity contribution in [2.45, 2.75) is 45.3 Å². The molecule has 2 N–H and O–H groups in total. The zero-order valence-corrected chi connectivity index (χ0v) is 13.0. The number of hydrogen-bond donors (Lipinski definition) is 2. The molecular weight excluding hydrogens is 286 g/mol. The molecule has 1 unspecified atom stereocenters. The fourth-order valence-electron chi connectivity index (χ4n) is 2.40. The number of hydrogen-bond acceptors (Lipinski definition) is 5. The van der Waals surface area contributed by atoms with Gasteiger partial charge in [-0.05, 0) is 33.6 Å². The summed E-state index contributed by atoms with van der Waals surface area (Å²) in [6.45, 7) is 9.30. The number of rotatable bonds is 2. The lowest BCUT2D eigenvalue weighted by molar-refractivity contribution is 0.0221. The summed E-state index contributed by atoms with van der Waals surface area (Å²) >= 11 is 0. The molecule has 1 aromatic heterocycles. The van der Waals surface area contributed by atoms with Crippen LogP contribution in [0.2, 0.25) is 0 Å². The topological polar surface area (TPSA) is 95.5 Å². The third-order valence-corrected chi connectivity index (χ3v) is 3.26. The standard InChI is InChI=1S/C15H21N3O4/c1-9(19)13-16-10(8-12(20)17-13)11-6-5-7-18(11)14(21)22-15(2,3)4/h8,11,19H,1,5-7H2,2-4H3,(H,16,17,20). The lowest BCUT2D eigenvalue weighted by Crippen LogP contribution is -2.37. The van der Waals surface area contributed by atoms with E-state index in [0.717, 1.165) is 6.42 Å². The van der Waals surface area contributed by atoms with Crippen LogP contribution in [-0.2, 0) is 4.74 Å². The average molecular weight is 307 g/mol. The van der Waals surface area contributed by atoms with Crippen LogP contribution in [-0.4, -0.2) is 38.2 Å². The summed E-state index contributed by atoms with van der Waals surface area (Å²) in [4.78, 5) is 32.1. The van der Waals surface area contributed by atoms with Gasteiger partial charge in [-0.3, -0.25) is 9.69 Å². The molecule has 7 nitrogen and oxygen atoms in total. The monoisotopic (exact) mass is 307 g/mol. The molecule has 1 aliphatic rings. The summed E-state index contributed by atoms with van der Waals surface area (Å²) in [6.07, 6.45) is 1.06. The van der Waals surface area contributed by atoms with E-state index in [1.54, 1.807) is 25.7 Å². The molecule has 22 heavy (non-hydrogen) atoms. The van der Waals surface area contributed by atoms with Crippen LogP contribution in [0.5, 0.6) is 0 Å². The van der Waals surface area contributed by atoms with Crippen molar-refractivity contribution in [3.8, 4) is 0 Å². The van der Waals surface area contributed by atoms with Crippen molar-refractivity contribution in [3.05, 3.63) is 34.5 Å².